The lowest BCUT2D eigenvalue weighted by Gasteiger charge is -2.13. The molecule has 2 amide bonds. The molecule has 2 N–H and O–H groups in total. The third kappa shape index (κ3) is 4.77. The number of carbonyl (C=O) groups excluding carboxylic acids is 2. The minimum absolute atomic E-state index is 0.0476. The number of para-hydroxylation sites is 1. The average molecular weight is 477 g/mol. The summed E-state index contributed by atoms with van der Waals surface area (Å²) in [6.07, 6.45) is 3.12. The van der Waals surface area contributed by atoms with Crippen molar-refractivity contribution in [3.8, 4) is 5.69 Å². The normalized spacial score (nSPS) is 13.0. The zero-order chi connectivity index (χ0) is 22.1. The second kappa shape index (κ2) is 8.75. The quantitative estimate of drug-likeness (QED) is 0.517. The van der Waals surface area contributed by atoms with Crippen molar-refractivity contribution in [3.05, 3.63) is 85.7 Å². The molecule has 6 nitrogen and oxygen atoms in total. The number of aromatic nitrogens is 1. The number of benzene rings is 2. The molecule has 0 unspecified atom stereocenters. The van der Waals surface area contributed by atoms with Gasteiger partial charge in [0.25, 0.3) is 11.5 Å². The van der Waals surface area contributed by atoms with E-state index in [1.807, 2.05) is 0 Å². The Hall–Kier alpha value is -2.80. The third-order valence-electron chi connectivity index (χ3n) is 4.78. The molecule has 2 aromatic carbocycles. The summed E-state index contributed by atoms with van der Waals surface area (Å²) in [5, 5.41) is 6.37. The maximum atomic E-state index is 12.8. The third-order valence-corrected chi connectivity index (χ3v) is 5.72. The number of carbonyl (C=O) groups is 2. The standard InChI is InChI=1S/C22H16Cl3N3O3/c23-15-8-7-14(26-21(30)12-4-5-12)10-18(15)27-22(31)13-6-9-19(29)28(11-13)20-16(24)2-1-3-17(20)25/h1-3,6-12H,4-5H2,(H,26,30)(H,27,31). The van der Waals surface area contributed by atoms with Crippen molar-refractivity contribution in [2.24, 2.45) is 5.92 Å². The van der Waals surface area contributed by atoms with E-state index in [-0.39, 0.29) is 33.1 Å². The summed E-state index contributed by atoms with van der Waals surface area (Å²) >= 11 is 18.6. The van der Waals surface area contributed by atoms with Crippen LogP contribution in [0.4, 0.5) is 11.4 Å². The van der Waals surface area contributed by atoms with Crippen LogP contribution in [0.25, 0.3) is 5.69 Å². The monoisotopic (exact) mass is 475 g/mol. The Balaban J connectivity index is 1.61. The lowest BCUT2D eigenvalue weighted by molar-refractivity contribution is -0.117. The van der Waals surface area contributed by atoms with Crippen LogP contribution in [0, 0.1) is 5.92 Å². The van der Waals surface area contributed by atoms with Gasteiger partial charge >= 0.3 is 0 Å². The van der Waals surface area contributed by atoms with E-state index in [2.05, 4.69) is 10.6 Å². The van der Waals surface area contributed by atoms with Gasteiger partial charge in [-0.05, 0) is 49.2 Å². The largest absolute Gasteiger partial charge is 0.326 e. The molecular formula is C22H16Cl3N3O3. The molecule has 0 spiro atoms. The van der Waals surface area contributed by atoms with Crippen molar-refractivity contribution < 1.29 is 9.59 Å². The molecule has 0 saturated heterocycles. The van der Waals surface area contributed by atoms with Gasteiger partial charge in [0.1, 0.15) is 0 Å². The Morgan fingerprint density at radius 3 is 2.29 bits per heavy atom. The first-order chi connectivity index (χ1) is 14.8. The SMILES string of the molecule is O=C(Nc1cc(NC(=O)C2CC2)ccc1Cl)c1ccc(=O)n(-c2c(Cl)cccc2Cl)c1. The summed E-state index contributed by atoms with van der Waals surface area (Å²) in [5.41, 5.74) is 0.944. The Morgan fingerprint density at radius 2 is 1.61 bits per heavy atom. The number of halogens is 3. The van der Waals surface area contributed by atoms with Crippen LogP contribution in [0.15, 0.2) is 59.5 Å². The van der Waals surface area contributed by atoms with E-state index in [1.54, 1.807) is 36.4 Å². The fourth-order valence-electron chi connectivity index (χ4n) is 3.00. The van der Waals surface area contributed by atoms with E-state index in [0.29, 0.717) is 16.4 Å². The van der Waals surface area contributed by atoms with Crippen molar-refractivity contribution in [2.45, 2.75) is 12.8 Å². The Labute approximate surface area is 192 Å². The van der Waals surface area contributed by atoms with Gasteiger partial charge in [-0.15, -0.1) is 0 Å². The van der Waals surface area contributed by atoms with Gasteiger partial charge in [-0.3, -0.25) is 19.0 Å². The fourth-order valence-corrected chi connectivity index (χ4v) is 3.74. The second-order valence-corrected chi connectivity index (χ2v) is 8.33. The van der Waals surface area contributed by atoms with Gasteiger partial charge in [-0.25, -0.2) is 0 Å². The highest BCUT2D eigenvalue weighted by Crippen LogP contribution is 2.32. The maximum Gasteiger partial charge on any atom is 0.257 e. The minimum Gasteiger partial charge on any atom is -0.326 e. The highest BCUT2D eigenvalue weighted by atomic mass is 35.5. The molecule has 1 aromatic heterocycles. The minimum atomic E-state index is -0.496. The summed E-state index contributed by atoms with van der Waals surface area (Å²) in [6, 6.07) is 12.3. The second-order valence-electron chi connectivity index (χ2n) is 7.11. The van der Waals surface area contributed by atoms with Crippen LogP contribution in [-0.4, -0.2) is 16.4 Å². The van der Waals surface area contributed by atoms with E-state index in [0.717, 1.165) is 12.8 Å². The summed E-state index contributed by atoms with van der Waals surface area (Å²) < 4.78 is 1.22. The molecule has 0 radical (unpaired) electrons. The predicted octanol–water partition coefficient (Wildman–Crippen LogP) is 5.40. The van der Waals surface area contributed by atoms with Gasteiger partial charge in [-0.2, -0.15) is 0 Å². The average Bonchev–Trinajstić information content (AvgIpc) is 3.57. The molecule has 0 aliphatic heterocycles. The molecule has 31 heavy (non-hydrogen) atoms. The Morgan fingerprint density at radius 1 is 0.903 bits per heavy atom. The number of nitrogens with zero attached hydrogens (tertiary/aromatic N) is 1. The van der Waals surface area contributed by atoms with Crippen LogP contribution in [0.1, 0.15) is 23.2 Å². The van der Waals surface area contributed by atoms with Crippen LogP contribution in [-0.2, 0) is 4.79 Å². The van der Waals surface area contributed by atoms with Crippen LogP contribution >= 0.6 is 34.8 Å². The molecule has 9 heteroatoms. The first-order valence-electron chi connectivity index (χ1n) is 9.42. The molecule has 1 fully saturated rings. The van der Waals surface area contributed by atoms with E-state index in [4.69, 9.17) is 34.8 Å². The summed E-state index contributed by atoms with van der Waals surface area (Å²) in [6.45, 7) is 0. The van der Waals surface area contributed by atoms with Crippen LogP contribution in [0.2, 0.25) is 15.1 Å². The first kappa shape index (κ1) is 21.4. The molecule has 1 aliphatic rings. The van der Waals surface area contributed by atoms with Crippen LogP contribution < -0.4 is 16.2 Å². The van der Waals surface area contributed by atoms with Gasteiger partial charge in [0, 0.05) is 23.9 Å². The van der Waals surface area contributed by atoms with E-state index in [9.17, 15) is 14.4 Å². The molecule has 0 atom stereocenters. The van der Waals surface area contributed by atoms with E-state index in [1.165, 1.54) is 22.9 Å². The number of hydrogen-bond acceptors (Lipinski definition) is 3. The van der Waals surface area contributed by atoms with E-state index < -0.39 is 11.5 Å². The molecule has 1 saturated carbocycles. The lowest BCUT2D eigenvalue weighted by atomic mass is 10.2. The molecule has 3 aromatic rings. The van der Waals surface area contributed by atoms with Crippen LogP contribution in [0.3, 0.4) is 0 Å². The van der Waals surface area contributed by atoms with E-state index >= 15 is 0 Å². The van der Waals surface area contributed by atoms with Gasteiger partial charge in [0.2, 0.25) is 5.91 Å². The predicted molar refractivity (Wildman–Crippen MR) is 123 cm³/mol. The van der Waals surface area contributed by atoms with Crippen molar-refractivity contribution in [1.82, 2.24) is 4.57 Å². The highest BCUT2D eigenvalue weighted by molar-refractivity contribution is 6.37. The maximum absolute atomic E-state index is 12.8. The smallest absolute Gasteiger partial charge is 0.257 e. The molecule has 0 bridgehead atoms. The summed E-state index contributed by atoms with van der Waals surface area (Å²) in [5.74, 6) is -0.501. The lowest BCUT2D eigenvalue weighted by Crippen LogP contribution is -2.21. The van der Waals surface area contributed by atoms with Crippen molar-refractivity contribution in [1.29, 1.82) is 0 Å². The Kier molecular flexibility index (Phi) is 6.05. The van der Waals surface area contributed by atoms with Gasteiger partial charge in [0.15, 0.2) is 0 Å². The molecule has 1 aliphatic carbocycles. The summed E-state index contributed by atoms with van der Waals surface area (Å²) in [7, 11) is 0. The number of amides is 2. The summed E-state index contributed by atoms with van der Waals surface area (Å²) in [4.78, 5) is 37.2. The zero-order valence-electron chi connectivity index (χ0n) is 16.0. The van der Waals surface area contributed by atoms with Gasteiger partial charge < -0.3 is 10.6 Å². The number of anilines is 2. The molecular weight excluding hydrogens is 461 g/mol. The highest BCUT2D eigenvalue weighted by Gasteiger charge is 2.29. The van der Waals surface area contributed by atoms with Crippen molar-refractivity contribution in [3.63, 3.8) is 0 Å². The van der Waals surface area contributed by atoms with Crippen molar-refractivity contribution >= 4 is 58.0 Å². The van der Waals surface area contributed by atoms with Gasteiger partial charge in [0.05, 0.1) is 32.0 Å². The fraction of sp³-hybridized carbons (Fsp3) is 0.136. The Bertz CT molecular complexity index is 1230. The number of hydrogen-bond donors (Lipinski definition) is 2. The molecule has 158 valence electrons. The van der Waals surface area contributed by atoms with Crippen LogP contribution in [0.5, 0.6) is 0 Å². The molecule has 4 rings (SSSR count). The zero-order valence-corrected chi connectivity index (χ0v) is 18.3. The van der Waals surface area contributed by atoms with Crippen molar-refractivity contribution in [2.75, 3.05) is 10.6 Å². The number of rotatable bonds is 5. The molecule has 1 heterocycles. The first-order valence-corrected chi connectivity index (χ1v) is 10.6. The topological polar surface area (TPSA) is 80.2 Å². The number of pyridine rings is 1. The number of nitrogens with one attached hydrogen (secondary N) is 2. The van der Waals surface area contributed by atoms with Gasteiger partial charge in [-0.1, -0.05) is 40.9 Å².